The lowest BCUT2D eigenvalue weighted by atomic mass is 10.1. The molecule has 0 aliphatic carbocycles. The van der Waals surface area contributed by atoms with Gasteiger partial charge in [0, 0.05) is 5.56 Å². The Bertz CT molecular complexity index is 604. The van der Waals surface area contributed by atoms with Crippen LogP contribution in [-0.2, 0) is 0 Å². The number of hydrogen-bond acceptors (Lipinski definition) is 4. The molecule has 100 valence electrons. The lowest BCUT2D eigenvalue weighted by Gasteiger charge is -2.11. The van der Waals surface area contributed by atoms with Gasteiger partial charge in [-0.3, -0.25) is 4.79 Å². The van der Waals surface area contributed by atoms with E-state index in [4.69, 9.17) is 20.9 Å². The van der Waals surface area contributed by atoms with Crippen molar-refractivity contribution >= 4 is 17.4 Å². The SMILES string of the molecule is CC(=O)c1cnoc1-c1ccc(OC(C)C)c(Cl)c1. The average molecular weight is 280 g/mol. The zero-order valence-corrected chi connectivity index (χ0v) is 11.7. The van der Waals surface area contributed by atoms with Crippen molar-refractivity contribution in [3.63, 3.8) is 0 Å². The van der Waals surface area contributed by atoms with Crippen LogP contribution in [0.1, 0.15) is 31.1 Å². The number of ether oxygens (including phenoxy) is 1. The van der Waals surface area contributed by atoms with E-state index in [-0.39, 0.29) is 11.9 Å². The van der Waals surface area contributed by atoms with Crippen LogP contribution in [0.2, 0.25) is 5.02 Å². The van der Waals surface area contributed by atoms with Crippen molar-refractivity contribution in [2.24, 2.45) is 0 Å². The molecule has 0 atom stereocenters. The minimum absolute atomic E-state index is 0.0430. The highest BCUT2D eigenvalue weighted by molar-refractivity contribution is 6.32. The maximum Gasteiger partial charge on any atom is 0.177 e. The Morgan fingerprint density at radius 2 is 2.16 bits per heavy atom. The molecule has 0 unspecified atom stereocenters. The van der Waals surface area contributed by atoms with E-state index >= 15 is 0 Å². The summed E-state index contributed by atoms with van der Waals surface area (Å²) in [5.74, 6) is 0.921. The smallest absolute Gasteiger partial charge is 0.177 e. The number of ketones is 1. The average Bonchev–Trinajstić information content (AvgIpc) is 2.80. The van der Waals surface area contributed by atoms with Crippen molar-refractivity contribution in [1.29, 1.82) is 0 Å². The van der Waals surface area contributed by atoms with Gasteiger partial charge in [-0.25, -0.2) is 0 Å². The van der Waals surface area contributed by atoms with Crippen molar-refractivity contribution in [3.8, 4) is 17.1 Å². The molecule has 0 amide bonds. The molecule has 1 heterocycles. The Kier molecular flexibility index (Phi) is 3.90. The molecule has 0 aliphatic rings. The molecule has 4 nitrogen and oxygen atoms in total. The first-order valence-corrected chi connectivity index (χ1v) is 6.29. The van der Waals surface area contributed by atoms with Crippen molar-refractivity contribution in [2.45, 2.75) is 26.9 Å². The molecular formula is C14H14ClNO3. The predicted octanol–water partition coefficient (Wildman–Crippen LogP) is 3.98. The summed E-state index contributed by atoms with van der Waals surface area (Å²) in [5, 5.41) is 4.12. The van der Waals surface area contributed by atoms with Gasteiger partial charge in [-0.05, 0) is 39.0 Å². The normalized spacial score (nSPS) is 10.8. The van der Waals surface area contributed by atoms with Crippen LogP contribution in [0, 0.1) is 0 Å². The van der Waals surface area contributed by atoms with E-state index in [9.17, 15) is 4.79 Å². The van der Waals surface area contributed by atoms with Gasteiger partial charge in [0.15, 0.2) is 11.5 Å². The van der Waals surface area contributed by atoms with Gasteiger partial charge in [-0.1, -0.05) is 16.8 Å². The Hall–Kier alpha value is -1.81. The highest BCUT2D eigenvalue weighted by Gasteiger charge is 2.16. The summed E-state index contributed by atoms with van der Waals surface area (Å²) >= 11 is 6.15. The van der Waals surface area contributed by atoms with Crippen molar-refractivity contribution in [1.82, 2.24) is 5.16 Å². The molecule has 0 spiro atoms. The number of halogens is 1. The summed E-state index contributed by atoms with van der Waals surface area (Å²) in [6.07, 6.45) is 1.45. The number of hydrogen-bond donors (Lipinski definition) is 0. The van der Waals surface area contributed by atoms with Gasteiger partial charge in [0.1, 0.15) is 5.75 Å². The number of nitrogens with zero attached hydrogens (tertiary/aromatic N) is 1. The van der Waals surface area contributed by atoms with Crippen LogP contribution >= 0.6 is 11.6 Å². The van der Waals surface area contributed by atoms with Crippen LogP contribution in [0.15, 0.2) is 28.9 Å². The topological polar surface area (TPSA) is 52.3 Å². The maximum absolute atomic E-state index is 11.4. The van der Waals surface area contributed by atoms with Crippen molar-refractivity contribution in [2.75, 3.05) is 0 Å². The van der Waals surface area contributed by atoms with E-state index in [1.165, 1.54) is 13.1 Å². The second kappa shape index (κ2) is 5.45. The minimum atomic E-state index is -0.102. The van der Waals surface area contributed by atoms with Crippen LogP contribution in [0.25, 0.3) is 11.3 Å². The van der Waals surface area contributed by atoms with Gasteiger partial charge in [-0.2, -0.15) is 0 Å². The standard InChI is InChI=1S/C14H14ClNO3/c1-8(2)18-13-5-4-10(6-12(13)15)14-11(9(3)17)7-16-19-14/h4-8H,1-3H3. The summed E-state index contributed by atoms with van der Waals surface area (Å²) in [6, 6.07) is 5.24. The molecule has 5 heteroatoms. The number of carbonyl (C=O) groups is 1. The van der Waals surface area contributed by atoms with Gasteiger partial charge < -0.3 is 9.26 Å². The molecule has 0 saturated heterocycles. The third-order valence-electron chi connectivity index (χ3n) is 2.51. The summed E-state index contributed by atoms with van der Waals surface area (Å²) in [6.45, 7) is 5.32. The zero-order valence-electron chi connectivity index (χ0n) is 10.9. The fraction of sp³-hybridized carbons (Fsp3) is 0.286. The Balaban J connectivity index is 2.39. The Morgan fingerprint density at radius 3 is 2.74 bits per heavy atom. The second-order valence-electron chi connectivity index (χ2n) is 4.44. The second-order valence-corrected chi connectivity index (χ2v) is 4.84. The first kappa shape index (κ1) is 13.6. The summed E-state index contributed by atoms with van der Waals surface area (Å²) in [5.41, 5.74) is 1.14. The van der Waals surface area contributed by atoms with Gasteiger partial charge in [-0.15, -0.1) is 0 Å². The zero-order chi connectivity index (χ0) is 14.0. The molecule has 0 N–H and O–H groups in total. The number of benzene rings is 1. The molecule has 0 bridgehead atoms. The van der Waals surface area contributed by atoms with Crippen LogP contribution in [-0.4, -0.2) is 17.0 Å². The van der Waals surface area contributed by atoms with E-state index in [0.29, 0.717) is 27.7 Å². The van der Waals surface area contributed by atoms with E-state index in [1.54, 1.807) is 18.2 Å². The summed E-state index contributed by atoms with van der Waals surface area (Å²) in [7, 11) is 0. The molecule has 1 aromatic carbocycles. The maximum atomic E-state index is 11.4. The van der Waals surface area contributed by atoms with Gasteiger partial charge in [0.2, 0.25) is 0 Å². The fourth-order valence-electron chi connectivity index (χ4n) is 1.69. The lowest BCUT2D eigenvalue weighted by Crippen LogP contribution is -2.05. The minimum Gasteiger partial charge on any atom is -0.489 e. The lowest BCUT2D eigenvalue weighted by molar-refractivity contribution is 0.101. The highest BCUT2D eigenvalue weighted by Crippen LogP contribution is 2.32. The van der Waals surface area contributed by atoms with Crippen LogP contribution in [0.4, 0.5) is 0 Å². The van der Waals surface area contributed by atoms with Crippen LogP contribution in [0.3, 0.4) is 0 Å². The molecule has 0 saturated carbocycles. The Labute approximate surface area is 116 Å². The van der Waals surface area contributed by atoms with Gasteiger partial charge in [0.05, 0.1) is 22.9 Å². The summed E-state index contributed by atoms with van der Waals surface area (Å²) < 4.78 is 10.7. The number of carbonyl (C=O) groups excluding carboxylic acids is 1. The Morgan fingerprint density at radius 1 is 1.42 bits per heavy atom. The van der Waals surface area contributed by atoms with E-state index < -0.39 is 0 Å². The molecular weight excluding hydrogens is 266 g/mol. The molecule has 0 fully saturated rings. The van der Waals surface area contributed by atoms with Gasteiger partial charge >= 0.3 is 0 Å². The molecule has 2 aromatic rings. The quantitative estimate of drug-likeness (QED) is 0.794. The van der Waals surface area contributed by atoms with Crippen LogP contribution < -0.4 is 4.74 Å². The van der Waals surface area contributed by atoms with Gasteiger partial charge in [0.25, 0.3) is 0 Å². The molecule has 2 rings (SSSR count). The third-order valence-corrected chi connectivity index (χ3v) is 2.80. The fourth-order valence-corrected chi connectivity index (χ4v) is 1.92. The van der Waals surface area contributed by atoms with E-state index in [0.717, 1.165) is 0 Å². The van der Waals surface area contributed by atoms with E-state index in [1.807, 2.05) is 13.8 Å². The summed E-state index contributed by atoms with van der Waals surface area (Å²) in [4.78, 5) is 11.4. The number of Topliss-reactive ketones (excluding diaryl/α,β-unsaturated/α-hetero) is 1. The first-order chi connectivity index (χ1) is 8.99. The first-order valence-electron chi connectivity index (χ1n) is 5.91. The largest absolute Gasteiger partial charge is 0.489 e. The van der Waals surface area contributed by atoms with Crippen molar-refractivity contribution < 1.29 is 14.1 Å². The van der Waals surface area contributed by atoms with E-state index in [2.05, 4.69) is 5.16 Å². The third kappa shape index (κ3) is 2.96. The number of aromatic nitrogens is 1. The molecule has 19 heavy (non-hydrogen) atoms. The molecule has 1 aromatic heterocycles. The highest BCUT2D eigenvalue weighted by atomic mass is 35.5. The molecule has 0 aliphatic heterocycles. The molecule has 0 radical (unpaired) electrons. The van der Waals surface area contributed by atoms with Crippen LogP contribution in [0.5, 0.6) is 5.75 Å². The monoisotopic (exact) mass is 279 g/mol. The van der Waals surface area contributed by atoms with Crippen molar-refractivity contribution in [3.05, 3.63) is 35.0 Å². The number of rotatable bonds is 4. The predicted molar refractivity (Wildman–Crippen MR) is 72.7 cm³/mol.